The molecule has 0 bridgehead atoms. The molecule has 114 valence electrons. The minimum atomic E-state index is -0.485. The fraction of sp³-hybridized carbons (Fsp3) is 0.500. The number of hydrogen-bond acceptors (Lipinski definition) is 5. The lowest BCUT2D eigenvalue weighted by molar-refractivity contribution is -0.384. The smallest absolute Gasteiger partial charge is 0.271 e. The number of benzene rings is 1. The van der Waals surface area contributed by atoms with Crippen LogP contribution < -0.4 is 5.32 Å². The monoisotopic (exact) mass is 293 g/mol. The Hall–Kier alpha value is -1.99. The first-order valence-corrected chi connectivity index (χ1v) is 6.86. The number of ether oxygens (including phenoxy) is 1. The molecule has 7 heteroatoms. The summed E-state index contributed by atoms with van der Waals surface area (Å²) < 4.78 is 5.61. The van der Waals surface area contributed by atoms with Crippen LogP contribution in [0, 0.1) is 10.1 Å². The SMILES string of the molecule is CC1CN(CC(=O)Nc2cccc([N+](=O)[O-])c2)CC(C)O1. The molecule has 1 N–H and O–H groups in total. The van der Waals surface area contributed by atoms with Gasteiger partial charge in [-0.15, -0.1) is 0 Å². The predicted molar refractivity (Wildman–Crippen MR) is 78.2 cm³/mol. The summed E-state index contributed by atoms with van der Waals surface area (Å²) in [5, 5.41) is 13.4. The molecule has 1 aromatic carbocycles. The molecule has 1 fully saturated rings. The van der Waals surface area contributed by atoms with Gasteiger partial charge in [0.05, 0.1) is 23.7 Å². The number of carbonyl (C=O) groups excluding carboxylic acids is 1. The summed E-state index contributed by atoms with van der Waals surface area (Å²) in [6, 6.07) is 5.92. The fourth-order valence-electron chi connectivity index (χ4n) is 2.51. The molecule has 1 aliphatic heterocycles. The zero-order chi connectivity index (χ0) is 15.4. The Bertz CT molecular complexity index is 525. The summed E-state index contributed by atoms with van der Waals surface area (Å²) in [7, 11) is 0. The average Bonchev–Trinajstić information content (AvgIpc) is 2.37. The molecule has 21 heavy (non-hydrogen) atoms. The first kappa shape index (κ1) is 15.4. The van der Waals surface area contributed by atoms with Crippen molar-refractivity contribution in [2.24, 2.45) is 0 Å². The topological polar surface area (TPSA) is 84.7 Å². The Morgan fingerprint density at radius 3 is 2.71 bits per heavy atom. The molecule has 1 heterocycles. The van der Waals surface area contributed by atoms with Gasteiger partial charge in [-0.1, -0.05) is 6.07 Å². The van der Waals surface area contributed by atoms with E-state index in [4.69, 9.17) is 4.74 Å². The molecule has 0 spiro atoms. The third-order valence-corrected chi connectivity index (χ3v) is 3.20. The van der Waals surface area contributed by atoms with Crippen LogP contribution in [0.1, 0.15) is 13.8 Å². The van der Waals surface area contributed by atoms with E-state index < -0.39 is 4.92 Å². The third kappa shape index (κ3) is 4.51. The molecular weight excluding hydrogens is 274 g/mol. The van der Waals surface area contributed by atoms with Crippen molar-refractivity contribution in [1.82, 2.24) is 4.90 Å². The van der Waals surface area contributed by atoms with E-state index in [1.165, 1.54) is 12.1 Å². The standard InChI is InChI=1S/C14H19N3O4/c1-10-7-16(8-11(2)21-10)9-14(18)15-12-4-3-5-13(6-12)17(19)20/h3-6,10-11H,7-9H2,1-2H3,(H,15,18). The normalized spacial score (nSPS) is 22.8. The maximum Gasteiger partial charge on any atom is 0.271 e. The highest BCUT2D eigenvalue weighted by Gasteiger charge is 2.23. The first-order chi connectivity index (χ1) is 9.94. The number of hydrogen-bond donors (Lipinski definition) is 1. The van der Waals surface area contributed by atoms with Crippen LogP contribution in [-0.2, 0) is 9.53 Å². The molecule has 0 aliphatic carbocycles. The molecule has 1 amide bonds. The molecule has 2 unspecified atom stereocenters. The molecular formula is C14H19N3O4. The van der Waals surface area contributed by atoms with Gasteiger partial charge in [0.1, 0.15) is 0 Å². The van der Waals surface area contributed by atoms with Crippen molar-refractivity contribution in [2.75, 3.05) is 25.0 Å². The summed E-state index contributed by atoms with van der Waals surface area (Å²) in [6.45, 7) is 5.60. The molecule has 1 aliphatic rings. The molecule has 1 saturated heterocycles. The van der Waals surface area contributed by atoms with Crippen molar-refractivity contribution in [3.63, 3.8) is 0 Å². The number of nitrogens with one attached hydrogen (secondary N) is 1. The van der Waals surface area contributed by atoms with Crippen LogP contribution in [0.3, 0.4) is 0 Å². The number of non-ortho nitro benzene ring substituents is 1. The molecule has 7 nitrogen and oxygen atoms in total. The van der Waals surface area contributed by atoms with Gasteiger partial charge < -0.3 is 10.1 Å². The van der Waals surface area contributed by atoms with Crippen LogP contribution in [0.15, 0.2) is 24.3 Å². The van der Waals surface area contributed by atoms with E-state index in [9.17, 15) is 14.9 Å². The van der Waals surface area contributed by atoms with Gasteiger partial charge in [-0.3, -0.25) is 19.8 Å². The number of nitro benzene ring substituents is 1. The number of amides is 1. The van der Waals surface area contributed by atoms with Crippen LogP contribution >= 0.6 is 0 Å². The van der Waals surface area contributed by atoms with Crippen molar-refractivity contribution in [3.8, 4) is 0 Å². The highest BCUT2D eigenvalue weighted by molar-refractivity contribution is 5.92. The van der Waals surface area contributed by atoms with E-state index in [0.717, 1.165) is 0 Å². The Morgan fingerprint density at radius 2 is 2.10 bits per heavy atom. The molecule has 0 aromatic heterocycles. The van der Waals surface area contributed by atoms with Gasteiger partial charge >= 0.3 is 0 Å². The maximum absolute atomic E-state index is 12.0. The second-order valence-electron chi connectivity index (χ2n) is 5.31. The quantitative estimate of drug-likeness (QED) is 0.674. The van der Waals surface area contributed by atoms with Crippen molar-refractivity contribution in [3.05, 3.63) is 34.4 Å². The minimum absolute atomic E-state index is 0.0404. The summed E-state index contributed by atoms with van der Waals surface area (Å²) in [6.07, 6.45) is 0.193. The van der Waals surface area contributed by atoms with Crippen molar-refractivity contribution in [2.45, 2.75) is 26.1 Å². The second-order valence-corrected chi connectivity index (χ2v) is 5.31. The lowest BCUT2D eigenvalue weighted by Gasteiger charge is -2.34. The van der Waals surface area contributed by atoms with Crippen LogP contribution in [0.25, 0.3) is 0 Å². The minimum Gasteiger partial charge on any atom is -0.373 e. The number of morpholine rings is 1. The van der Waals surface area contributed by atoms with Crippen LogP contribution in [0.2, 0.25) is 0 Å². The average molecular weight is 293 g/mol. The van der Waals surface area contributed by atoms with Gasteiger partial charge in [-0.05, 0) is 19.9 Å². The van der Waals surface area contributed by atoms with E-state index >= 15 is 0 Å². The van der Waals surface area contributed by atoms with E-state index in [1.54, 1.807) is 12.1 Å². The molecule has 1 aromatic rings. The van der Waals surface area contributed by atoms with Gasteiger partial charge in [-0.2, -0.15) is 0 Å². The maximum atomic E-state index is 12.0. The van der Waals surface area contributed by atoms with Crippen LogP contribution in [-0.4, -0.2) is 47.6 Å². The largest absolute Gasteiger partial charge is 0.373 e. The summed E-state index contributed by atoms with van der Waals surface area (Å²) in [5.41, 5.74) is 0.393. The highest BCUT2D eigenvalue weighted by Crippen LogP contribution is 2.17. The zero-order valence-electron chi connectivity index (χ0n) is 12.1. The number of nitrogens with zero attached hydrogens (tertiary/aromatic N) is 2. The van der Waals surface area contributed by atoms with E-state index in [2.05, 4.69) is 5.32 Å². The Kier molecular flexibility index (Phi) is 4.87. The lowest BCUT2D eigenvalue weighted by atomic mass is 10.2. The predicted octanol–water partition coefficient (Wildman–Crippen LogP) is 1.64. The van der Waals surface area contributed by atoms with E-state index in [1.807, 2.05) is 18.7 Å². The first-order valence-electron chi connectivity index (χ1n) is 6.86. The number of carbonyl (C=O) groups is 1. The molecule has 0 radical (unpaired) electrons. The van der Waals surface area contributed by atoms with Crippen LogP contribution in [0.4, 0.5) is 11.4 Å². The Balaban J connectivity index is 1.92. The summed E-state index contributed by atoms with van der Waals surface area (Å²) in [4.78, 5) is 24.2. The fourth-order valence-corrected chi connectivity index (χ4v) is 2.51. The van der Waals surface area contributed by atoms with Crippen LogP contribution in [0.5, 0.6) is 0 Å². The Morgan fingerprint density at radius 1 is 1.43 bits per heavy atom. The molecule has 2 rings (SSSR count). The van der Waals surface area contributed by atoms with E-state index in [0.29, 0.717) is 18.8 Å². The van der Waals surface area contributed by atoms with Gasteiger partial charge in [0.2, 0.25) is 5.91 Å². The lowest BCUT2D eigenvalue weighted by Crippen LogP contribution is -2.48. The zero-order valence-corrected chi connectivity index (χ0v) is 12.1. The van der Waals surface area contributed by atoms with Gasteiger partial charge in [0, 0.05) is 30.9 Å². The number of rotatable bonds is 4. The molecule has 2 atom stereocenters. The summed E-state index contributed by atoms with van der Waals surface area (Å²) >= 11 is 0. The highest BCUT2D eigenvalue weighted by atomic mass is 16.6. The van der Waals surface area contributed by atoms with Crippen molar-refractivity contribution >= 4 is 17.3 Å². The van der Waals surface area contributed by atoms with Gasteiger partial charge in [-0.25, -0.2) is 0 Å². The van der Waals surface area contributed by atoms with Gasteiger partial charge in [0.25, 0.3) is 5.69 Å². The van der Waals surface area contributed by atoms with Crippen molar-refractivity contribution < 1.29 is 14.5 Å². The summed E-state index contributed by atoms with van der Waals surface area (Å²) in [5.74, 6) is -0.184. The van der Waals surface area contributed by atoms with Gasteiger partial charge in [0.15, 0.2) is 0 Å². The second kappa shape index (κ2) is 6.64. The van der Waals surface area contributed by atoms with E-state index in [-0.39, 0.29) is 30.3 Å². The van der Waals surface area contributed by atoms with Crippen molar-refractivity contribution in [1.29, 1.82) is 0 Å². The third-order valence-electron chi connectivity index (χ3n) is 3.20. The molecule has 0 saturated carbocycles. The number of anilines is 1. The number of nitro groups is 1. The Labute approximate surface area is 123 Å².